The number of nitrogens with zero attached hydrogens (tertiary/aromatic N) is 1. The standard InChI is InChI=1S/C16H18N2O3/c1-11-8-9-13(18(19)20)10-15(11)17-12(2)14-6-4-5-7-16(14)21-3/h4-10,12,17H,1-3H3. The van der Waals surface area contributed by atoms with E-state index in [1.807, 2.05) is 38.1 Å². The van der Waals surface area contributed by atoms with Gasteiger partial charge in [0.2, 0.25) is 0 Å². The first-order valence-corrected chi connectivity index (χ1v) is 6.67. The first-order valence-electron chi connectivity index (χ1n) is 6.67. The summed E-state index contributed by atoms with van der Waals surface area (Å²) in [6, 6.07) is 12.5. The normalized spacial score (nSPS) is 11.8. The van der Waals surface area contributed by atoms with Crippen LogP contribution in [0.3, 0.4) is 0 Å². The minimum atomic E-state index is -0.390. The number of nitrogens with one attached hydrogen (secondary N) is 1. The van der Waals surface area contributed by atoms with Crippen molar-refractivity contribution in [1.29, 1.82) is 0 Å². The first kappa shape index (κ1) is 14.8. The summed E-state index contributed by atoms with van der Waals surface area (Å²) in [5, 5.41) is 14.2. The van der Waals surface area contributed by atoms with Crippen molar-refractivity contribution in [1.82, 2.24) is 0 Å². The fourth-order valence-electron chi connectivity index (χ4n) is 2.21. The van der Waals surface area contributed by atoms with Crippen molar-refractivity contribution in [2.75, 3.05) is 12.4 Å². The summed E-state index contributed by atoms with van der Waals surface area (Å²) in [7, 11) is 1.63. The lowest BCUT2D eigenvalue weighted by molar-refractivity contribution is -0.384. The highest BCUT2D eigenvalue weighted by molar-refractivity contribution is 5.58. The van der Waals surface area contributed by atoms with Crippen LogP contribution in [0.15, 0.2) is 42.5 Å². The molecule has 0 bridgehead atoms. The number of anilines is 1. The van der Waals surface area contributed by atoms with Gasteiger partial charge < -0.3 is 10.1 Å². The Morgan fingerprint density at radius 3 is 2.62 bits per heavy atom. The van der Waals surface area contributed by atoms with Gasteiger partial charge in [-0.1, -0.05) is 24.3 Å². The molecule has 1 atom stereocenters. The molecule has 0 saturated carbocycles. The van der Waals surface area contributed by atoms with Gasteiger partial charge in [0.05, 0.1) is 18.1 Å². The Morgan fingerprint density at radius 1 is 1.24 bits per heavy atom. The molecule has 0 spiro atoms. The highest BCUT2D eigenvalue weighted by atomic mass is 16.6. The molecule has 2 aromatic carbocycles. The quantitative estimate of drug-likeness (QED) is 0.664. The molecule has 0 fully saturated rings. The molecule has 0 heterocycles. The number of rotatable bonds is 5. The van der Waals surface area contributed by atoms with Crippen molar-refractivity contribution in [2.24, 2.45) is 0 Å². The van der Waals surface area contributed by atoms with E-state index in [1.165, 1.54) is 6.07 Å². The maximum atomic E-state index is 10.9. The maximum absolute atomic E-state index is 10.9. The SMILES string of the molecule is COc1ccccc1C(C)Nc1cc([N+](=O)[O-])ccc1C. The predicted octanol–water partition coefficient (Wildman–Crippen LogP) is 4.08. The second-order valence-electron chi connectivity index (χ2n) is 4.86. The summed E-state index contributed by atoms with van der Waals surface area (Å²) < 4.78 is 5.35. The summed E-state index contributed by atoms with van der Waals surface area (Å²) >= 11 is 0. The van der Waals surface area contributed by atoms with Gasteiger partial charge >= 0.3 is 0 Å². The molecule has 0 saturated heterocycles. The van der Waals surface area contributed by atoms with E-state index in [0.29, 0.717) is 0 Å². The number of hydrogen-bond donors (Lipinski definition) is 1. The molecule has 110 valence electrons. The summed E-state index contributed by atoms with van der Waals surface area (Å²) in [6.45, 7) is 3.91. The molecule has 0 radical (unpaired) electrons. The van der Waals surface area contributed by atoms with Crippen molar-refractivity contribution < 1.29 is 9.66 Å². The zero-order valence-electron chi connectivity index (χ0n) is 12.3. The Bertz CT molecular complexity index is 656. The molecule has 0 aliphatic heterocycles. The molecule has 0 aromatic heterocycles. The largest absolute Gasteiger partial charge is 0.496 e. The number of aryl methyl sites for hydroxylation is 1. The molecule has 2 aromatic rings. The van der Waals surface area contributed by atoms with Gasteiger partial charge in [-0.25, -0.2) is 0 Å². The maximum Gasteiger partial charge on any atom is 0.271 e. The Balaban J connectivity index is 2.29. The van der Waals surface area contributed by atoms with Crippen LogP contribution in [0.25, 0.3) is 0 Å². The van der Waals surface area contributed by atoms with Crippen molar-refractivity contribution >= 4 is 11.4 Å². The third-order valence-electron chi connectivity index (χ3n) is 3.41. The van der Waals surface area contributed by atoms with E-state index in [1.54, 1.807) is 19.2 Å². The molecule has 2 rings (SSSR count). The lowest BCUT2D eigenvalue weighted by Gasteiger charge is -2.19. The van der Waals surface area contributed by atoms with E-state index in [9.17, 15) is 10.1 Å². The monoisotopic (exact) mass is 286 g/mol. The number of nitro groups is 1. The molecule has 0 amide bonds. The van der Waals surface area contributed by atoms with Crippen LogP contribution in [0.5, 0.6) is 5.75 Å². The molecular weight excluding hydrogens is 268 g/mol. The van der Waals surface area contributed by atoms with Gasteiger partial charge in [0.1, 0.15) is 5.75 Å². The molecule has 1 unspecified atom stereocenters. The van der Waals surface area contributed by atoms with E-state index in [0.717, 1.165) is 22.6 Å². The van der Waals surface area contributed by atoms with Crippen molar-refractivity contribution in [3.8, 4) is 5.75 Å². The highest BCUT2D eigenvalue weighted by Crippen LogP contribution is 2.30. The lowest BCUT2D eigenvalue weighted by Crippen LogP contribution is -2.09. The van der Waals surface area contributed by atoms with Crippen LogP contribution in [0, 0.1) is 17.0 Å². The van der Waals surface area contributed by atoms with Gasteiger partial charge in [0, 0.05) is 23.4 Å². The van der Waals surface area contributed by atoms with E-state index in [-0.39, 0.29) is 11.7 Å². The van der Waals surface area contributed by atoms with Gasteiger partial charge in [-0.3, -0.25) is 10.1 Å². The smallest absolute Gasteiger partial charge is 0.271 e. The second-order valence-corrected chi connectivity index (χ2v) is 4.86. The molecular formula is C16H18N2O3. The van der Waals surface area contributed by atoms with Crippen LogP contribution < -0.4 is 10.1 Å². The van der Waals surface area contributed by atoms with Crippen molar-refractivity contribution in [2.45, 2.75) is 19.9 Å². The van der Waals surface area contributed by atoms with Crippen molar-refractivity contribution in [3.63, 3.8) is 0 Å². The molecule has 5 nitrogen and oxygen atoms in total. The first-order chi connectivity index (χ1) is 10.0. The number of ether oxygens (including phenoxy) is 1. The van der Waals surface area contributed by atoms with E-state index >= 15 is 0 Å². The average Bonchev–Trinajstić information content (AvgIpc) is 2.49. The lowest BCUT2D eigenvalue weighted by atomic mass is 10.1. The summed E-state index contributed by atoms with van der Waals surface area (Å²) in [5.41, 5.74) is 2.80. The van der Waals surface area contributed by atoms with Crippen LogP contribution in [0.1, 0.15) is 24.1 Å². The Morgan fingerprint density at radius 2 is 1.95 bits per heavy atom. The zero-order valence-corrected chi connectivity index (χ0v) is 12.3. The Labute approximate surface area is 123 Å². The van der Waals surface area contributed by atoms with Crippen LogP contribution in [-0.2, 0) is 0 Å². The van der Waals surface area contributed by atoms with Gasteiger partial charge in [-0.05, 0) is 25.5 Å². The fraction of sp³-hybridized carbons (Fsp3) is 0.250. The third-order valence-corrected chi connectivity index (χ3v) is 3.41. The van der Waals surface area contributed by atoms with Crippen molar-refractivity contribution in [3.05, 3.63) is 63.7 Å². The number of hydrogen-bond acceptors (Lipinski definition) is 4. The molecule has 1 N–H and O–H groups in total. The topological polar surface area (TPSA) is 64.4 Å². The predicted molar refractivity (Wildman–Crippen MR) is 82.9 cm³/mol. The molecule has 0 aliphatic rings. The minimum absolute atomic E-state index is 0.0261. The van der Waals surface area contributed by atoms with Gasteiger partial charge in [0.25, 0.3) is 5.69 Å². The zero-order chi connectivity index (χ0) is 15.4. The van der Waals surface area contributed by atoms with E-state index in [4.69, 9.17) is 4.74 Å². The number of methoxy groups -OCH3 is 1. The molecule has 0 aliphatic carbocycles. The second kappa shape index (κ2) is 6.26. The average molecular weight is 286 g/mol. The van der Waals surface area contributed by atoms with E-state index < -0.39 is 4.92 Å². The van der Waals surface area contributed by atoms with Gasteiger partial charge in [0.15, 0.2) is 0 Å². The number of non-ortho nitro benzene ring substituents is 1. The fourth-order valence-corrected chi connectivity index (χ4v) is 2.21. The highest BCUT2D eigenvalue weighted by Gasteiger charge is 2.14. The number of para-hydroxylation sites is 1. The molecule has 21 heavy (non-hydrogen) atoms. The van der Waals surface area contributed by atoms with E-state index in [2.05, 4.69) is 5.32 Å². The van der Waals surface area contributed by atoms with Crippen LogP contribution in [0.2, 0.25) is 0 Å². The third kappa shape index (κ3) is 3.31. The van der Waals surface area contributed by atoms with Gasteiger partial charge in [-0.2, -0.15) is 0 Å². The van der Waals surface area contributed by atoms with Crippen LogP contribution >= 0.6 is 0 Å². The number of nitro benzene ring substituents is 1. The van der Waals surface area contributed by atoms with Crippen LogP contribution in [-0.4, -0.2) is 12.0 Å². The molecule has 5 heteroatoms. The summed E-state index contributed by atoms with van der Waals surface area (Å²) in [4.78, 5) is 10.5. The summed E-state index contributed by atoms with van der Waals surface area (Å²) in [6.07, 6.45) is 0. The van der Waals surface area contributed by atoms with Crippen LogP contribution in [0.4, 0.5) is 11.4 Å². The number of benzene rings is 2. The minimum Gasteiger partial charge on any atom is -0.496 e. The van der Waals surface area contributed by atoms with Gasteiger partial charge in [-0.15, -0.1) is 0 Å². The summed E-state index contributed by atoms with van der Waals surface area (Å²) in [5.74, 6) is 0.792. The Kier molecular flexibility index (Phi) is 4.42. The Hall–Kier alpha value is -2.56.